The molecule has 3 aromatic carbocycles. The molecule has 0 heterocycles. The SMILES string of the molecule is CC(Br)Oc1ccc(C(c2ccc(OC(C)Br)cc2)c2ccc(OC(C)Br)cc2)cc1. The van der Waals surface area contributed by atoms with Crippen molar-refractivity contribution < 1.29 is 14.2 Å². The van der Waals surface area contributed by atoms with Crippen molar-refractivity contribution in [3.8, 4) is 17.2 Å². The van der Waals surface area contributed by atoms with Gasteiger partial charge in [-0.15, -0.1) is 0 Å². The lowest BCUT2D eigenvalue weighted by atomic mass is 9.85. The van der Waals surface area contributed by atoms with E-state index in [-0.39, 0.29) is 21.0 Å². The number of rotatable bonds is 9. The monoisotopic (exact) mass is 610 g/mol. The van der Waals surface area contributed by atoms with Crippen molar-refractivity contribution in [2.45, 2.75) is 41.7 Å². The predicted molar refractivity (Wildman–Crippen MR) is 137 cm³/mol. The van der Waals surface area contributed by atoms with Gasteiger partial charge in [0.15, 0.2) is 15.0 Å². The van der Waals surface area contributed by atoms with Crippen LogP contribution in [-0.4, -0.2) is 15.0 Å². The molecule has 3 atom stereocenters. The number of hydrogen-bond acceptors (Lipinski definition) is 3. The maximum absolute atomic E-state index is 5.74. The van der Waals surface area contributed by atoms with Crippen molar-refractivity contribution in [3.63, 3.8) is 0 Å². The number of ether oxygens (including phenoxy) is 3. The molecule has 3 rings (SSSR count). The van der Waals surface area contributed by atoms with Crippen molar-refractivity contribution >= 4 is 47.8 Å². The smallest absolute Gasteiger partial charge is 0.150 e. The van der Waals surface area contributed by atoms with Gasteiger partial charge in [-0.1, -0.05) is 36.4 Å². The summed E-state index contributed by atoms with van der Waals surface area (Å²) in [7, 11) is 0. The third kappa shape index (κ3) is 7.26. The zero-order chi connectivity index (χ0) is 22.4. The zero-order valence-corrected chi connectivity index (χ0v) is 22.4. The fourth-order valence-corrected chi connectivity index (χ4v) is 4.00. The molecule has 0 aliphatic carbocycles. The van der Waals surface area contributed by atoms with Gasteiger partial charge in [0, 0.05) is 5.92 Å². The molecule has 0 aliphatic heterocycles. The van der Waals surface area contributed by atoms with E-state index >= 15 is 0 Å². The molecular formula is C25H25Br3O3. The first kappa shape index (κ1) is 24.1. The highest BCUT2D eigenvalue weighted by Crippen LogP contribution is 2.35. The Kier molecular flexibility index (Phi) is 8.87. The summed E-state index contributed by atoms with van der Waals surface area (Å²) in [4.78, 5) is 0. The topological polar surface area (TPSA) is 27.7 Å². The third-order valence-corrected chi connectivity index (χ3v) is 5.10. The Morgan fingerprint density at radius 3 is 0.871 bits per heavy atom. The van der Waals surface area contributed by atoms with Crippen molar-refractivity contribution in [1.82, 2.24) is 0 Å². The standard InChI is InChI=1S/C25H25Br3O3/c1-16(26)29-22-10-4-19(5-11-22)25(20-6-12-23(13-7-20)30-17(2)27)21-8-14-24(15-9-21)31-18(3)28/h4-18,25H,1-3H3. The first-order valence-corrected chi connectivity index (χ1v) is 12.8. The molecule has 0 amide bonds. The maximum atomic E-state index is 5.74. The molecular weight excluding hydrogens is 588 g/mol. The summed E-state index contributed by atoms with van der Waals surface area (Å²) in [5, 5.41) is -0.117. The summed E-state index contributed by atoms with van der Waals surface area (Å²) in [5.41, 5.74) is 3.54. The number of hydrogen-bond donors (Lipinski definition) is 0. The average Bonchev–Trinajstić information content (AvgIpc) is 2.71. The van der Waals surface area contributed by atoms with Crippen LogP contribution in [0.2, 0.25) is 0 Å². The van der Waals surface area contributed by atoms with Gasteiger partial charge in [-0.05, 0) is 122 Å². The van der Waals surface area contributed by atoms with E-state index in [9.17, 15) is 0 Å². The van der Waals surface area contributed by atoms with Crippen LogP contribution in [0.1, 0.15) is 43.4 Å². The van der Waals surface area contributed by atoms with Gasteiger partial charge < -0.3 is 14.2 Å². The van der Waals surface area contributed by atoms with E-state index in [1.54, 1.807) is 0 Å². The summed E-state index contributed by atoms with van der Waals surface area (Å²) in [6.45, 7) is 5.85. The summed E-state index contributed by atoms with van der Waals surface area (Å²) in [6, 6.07) is 24.7. The van der Waals surface area contributed by atoms with Gasteiger partial charge in [0.05, 0.1) is 0 Å². The molecule has 0 saturated carbocycles. The number of benzene rings is 3. The molecule has 0 aromatic heterocycles. The first-order valence-electron chi connectivity index (χ1n) is 10.0. The Balaban J connectivity index is 1.95. The van der Waals surface area contributed by atoms with Crippen LogP contribution in [-0.2, 0) is 0 Å². The van der Waals surface area contributed by atoms with Gasteiger partial charge in [0.1, 0.15) is 17.2 Å². The van der Waals surface area contributed by atoms with Crippen LogP contribution in [0, 0.1) is 0 Å². The lowest BCUT2D eigenvalue weighted by molar-refractivity contribution is 0.314. The van der Waals surface area contributed by atoms with Crippen LogP contribution in [0.25, 0.3) is 0 Å². The van der Waals surface area contributed by atoms with Gasteiger partial charge in [0.2, 0.25) is 0 Å². The summed E-state index contributed by atoms with van der Waals surface area (Å²) in [5.74, 6) is 2.56. The molecule has 0 spiro atoms. The van der Waals surface area contributed by atoms with Gasteiger partial charge >= 0.3 is 0 Å². The van der Waals surface area contributed by atoms with E-state index < -0.39 is 0 Å². The second-order valence-corrected chi connectivity index (χ2v) is 11.0. The minimum absolute atomic E-state index is 0.0390. The summed E-state index contributed by atoms with van der Waals surface area (Å²) in [6.07, 6.45) is 0. The molecule has 3 unspecified atom stereocenters. The lowest BCUT2D eigenvalue weighted by Crippen LogP contribution is -2.06. The average molecular weight is 613 g/mol. The van der Waals surface area contributed by atoms with Gasteiger partial charge in [-0.25, -0.2) is 0 Å². The number of alkyl halides is 3. The summed E-state index contributed by atoms with van der Waals surface area (Å²) >= 11 is 10.3. The van der Waals surface area contributed by atoms with E-state index in [0.29, 0.717) is 0 Å². The third-order valence-electron chi connectivity index (χ3n) is 4.54. The predicted octanol–water partition coefficient (Wildman–Crippen LogP) is 8.23. The zero-order valence-electron chi connectivity index (χ0n) is 17.6. The van der Waals surface area contributed by atoms with Crippen LogP contribution in [0.4, 0.5) is 0 Å². The van der Waals surface area contributed by atoms with E-state index in [1.165, 1.54) is 16.7 Å². The molecule has 3 aromatic rings. The van der Waals surface area contributed by atoms with Crippen molar-refractivity contribution in [3.05, 3.63) is 89.5 Å². The fourth-order valence-electron chi connectivity index (χ4n) is 3.36. The minimum atomic E-state index is -0.0390. The van der Waals surface area contributed by atoms with E-state index in [1.807, 2.05) is 57.2 Å². The Hall–Kier alpha value is -1.50. The molecule has 31 heavy (non-hydrogen) atoms. The molecule has 164 valence electrons. The molecule has 0 bridgehead atoms. The van der Waals surface area contributed by atoms with Gasteiger partial charge in [-0.3, -0.25) is 0 Å². The highest BCUT2D eigenvalue weighted by atomic mass is 79.9. The van der Waals surface area contributed by atoms with E-state index in [2.05, 4.69) is 84.2 Å². The lowest BCUT2D eigenvalue weighted by Gasteiger charge is -2.21. The Morgan fingerprint density at radius 2 is 0.677 bits per heavy atom. The van der Waals surface area contributed by atoms with Crippen LogP contribution in [0.5, 0.6) is 17.2 Å². The second-order valence-electron chi connectivity index (χ2n) is 7.12. The van der Waals surface area contributed by atoms with Crippen LogP contribution >= 0.6 is 47.8 Å². The molecule has 0 saturated heterocycles. The van der Waals surface area contributed by atoms with E-state index in [0.717, 1.165) is 17.2 Å². The fraction of sp³-hybridized carbons (Fsp3) is 0.280. The molecule has 0 aliphatic rings. The molecule has 6 heteroatoms. The molecule has 0 radical (unpaired) electrons. The Morgan fingerprint density at radius 1 is 0.452 bits per heavy atom. The highest BCUT2D eigenvalue weighted by Gasteiger charge is 2.18. The molecule has 3 nitrogen and oxygen atoms in total. The van der Waals surface area contributed by atoms with Crippen LogP contribution in [0.3, 0.4) is 0 Å². The van der Waals surface area contributed by atoms with Gasteiger partial charge in [-0.2, -0.15) is 0 Å². The van der Waals surface area contributed by atoms with Crippen molar-refractivity contribution in [1.29, 1.82) is 0 Å². The maximum Gasteiger partial charge on any atom is 0.150 e. The molecule has 0 fully saturated rings. The van der Waals surface area contributed by atoms with Gasteiger partial charge in [0.25, 0.3) is 0 Å². The van der Waals surface area contributed by atoms with E-state index in [4.69, 9.17) is 14.2 Å². The van der Waals surface area contributed by atoms with Crippen LogP contribution < -0.4 is 14.2 Å². The van der Waals surface area contributed by atoms with Crippen LogP contribution in [0.15, 0.2) is 72.8 Å². The first-order chi connectivity index (χ1) is 14.8. The summed E-state index contributed by atoms with van der Waals surface area (Å²) < 4.78 is 17.2. The van der Waals surface area contributed by atoms with Crippen molar-refractivity contribution in [2.24, 2.45) is 0 Å². The normalized spacial score (nSPS) is 14.9. The minimum Gasteiger partial charge on any atom is -0.480 e. The molecule has 0 N–H and O–H groups in total. The largest absolute Gasteiger partial charge is 0.480 e. The Labute approximate surface area is 209 Å². The number of halogens is 3. The van der Waals surface area contributed by atoms with Crippen molar-refractivity contribution in [2.75, 3.05) is 0 Å². The second kappa shape index (κ2) is 11.4. The quantitative estimate of drug-likeness (QED) is 0.180. The highest BCUT2D eigenvalue weighted by molar-refractivity contribution is 9.09. The Bertz CT molecular complexity index is 810.